The highest BCUT2D eigenvalue weighted by Crippen LogP contribution is 2.38. The van der Waals surface area contributed by atoms with Crippen molar-refractivity contribution in [3.8, 4) is 22.3 Å². The van der Waals surface area contributed by atoms with E-state index in [1.165, 1.54) is 30.3 Å². The molecule has 0 N–H and O–H groups in total. The summed E-state index contributed by atoms with van der Waals surface area (Å²) in [5.74, 6) is -16.9. The van der Waals surface area contributed by atoms with Crippen LogP contribution in [0.25, 0.3) is 22.3 Å². The summed E-state index contributed by atoms with van der Waals surface area (Å²) >= 11 is 0. The van der Waals surface area contributed by atoms with E-state index in [0.717, 1.165) is 0 Å². The minimum atomic E-state index is -2.45. The molecule has 0 saturated heterocycles. The molecular formula is C18H6F8. The Hall–Kier alpha value is -2.90. The Labute approximate surface area is 141 Å². The van der Waals surface area contributed by atoms with Gasteiger partial charge in [-0.15, -0.1) is 0 Å². The Morgan fingerprint density at radius 1 is 0.462 bits per heavy atom. The first-order valence-electron chi connectivity index (χ1n) is 7.00. The van der Waals surface area contributed by atoms with Crippen molar-refractivity contribution in [1.82, 2.24) is 0 Å². The van der Waals surface area contributed by atoms with Gasteiger partial charge in [-0.3, -0.25) is 0 Å². The van der Waals surface area contributed by atoms with E-state index in [4.69, 9.17) is 0 Å². The molecule has 0 nitrogen and oxygen atoms in total. The van der Waals surface area contributed by atoms with Gasteiger partial charge in [-0.25, -0.2) is 35.1 Å². The molecule has 0 radical (unpaired) electrons. The van der Waals surface area contributed by atoms with Gasteiger partial charge in [0, 0.05) is 5.56 Å². The van der Waals surface area contributed by atoms with E-state index in [1.807, 2.05) is 0 Å². The predicted molar refractivity (Wildman–Crippen MR) is 77.0 cm³/mol. The molecule has 0 aliphatic rings. The van der Waals surface area contributed by atoms with Crippen LogP contribution in [0.1, 0.15) is 0 Å². The fourth-order valence-electron chi connectivity index (χ4n) is 2.49. The summed E-state index contributed by atoms with van der Waals surface area (Å²) in [5, 5.41) is 0. The van der Waals surface area contributed by atoms with Crippen molar-refractivity contribution < 1.29 is 35.1 Å². The molecule has 3 aromatic carbocycles. The van der Waals surface area contributed by atoms with Gasteiger partial charge in [-0.05, 0) is 11.6 Å². The van der Waals surface area contributed by atoms with Crippen LogP contribution in [0.15, 0.2) is 36.4 Å². The summed E-state index contributed by atoms with van der Waals surface area (Å²) in [6.07, 6.45) is 0. The summed E-state index contributed by atoms with van der Waals surface area (Å²) in [5.41, 5.74) is -4.16. The normalized spacial score (nSPS) is 11.1. The van der Waals surface area contributed by atoms with Crippen LogP contribution in [0.3, 0.4) is 0 Å². The van der Waals surface area contributed by atoms with Gasteiger partial charge in [0.15, 0.2) is 34.9 Å². The summed E-state index contributed by atoms with van der Waals surface area (Å²) in [4.78, 5) is 0. The third-order valence-corrected chi connectivity index (χ3v) is 3.70. The average molecular weight is 374 g/mol. The maximum absolute atomic E-state index is 14.7. The van der Waals surface area contributed by atoms with Gasteiger partial charge >= 0.3 is 0 Å². The maximum atomic E-state index is 14.7. The predicted octanol–water partition coefficient (Wildman–Crippen LogP) is 6.13. The molecule has 3 aromatic rings. The largest absolute Gasteiger partial charge is 0.206 e. The molecule has 0 heterocycles. The summed E-state index contributed by atoms with van der Waals surface area (Å²) in [6.45, 7) is 0. The first kappa shape index (κ1) is 17.9. The van der Waals surface area contributed by atoms with Crippen LogP contribution in [-0.4, -0.2) is 0 Å². The molecule has 8 heteroatoms. The second-order valence-electron chi connectivity index (χ2n) is 5.22. The molecule has 3 rings (SSSR count). The van der Waals surface area contributed by atoms with Crippen LogP contribution in [0, 0.1) is 46.5 Å². The summed E-state index contributed by atoms with van der Waals surface area (Å²) < 4.78 is 110. The molecule has 0 spiro atoms. The van der Waals surface area contributed by atoms with Gasteiger partial charge in [-0.2, -0.15) is 0 Å². The Bertz CT molecular complexity index is 983. The van der Waals surface area contributed by atoms with Crippen molar-refractivity contribution >= 4 is 0 Å². The Morgan fingerprint density at radius 3 is 1.50 bits per heavy atom. The first-order valence-corrected chi connectivity index (χ1v) is 7.00. The van der Waals surface area contributed by atoms with E-state index in [0.29, 0.717) is 0 Å². The lowest BCUT2D eigenvalue weighted by Gasteiger charge is -2.13. The highest BCUT2D eigenvalue weighted by molar-refractivity contribution is 5.75. The minimum Gasteiger partial charge on any atom is -0.206 e. The average Bonchev–Trinajstić information content (AvgIpc) is 2.63. The molecule has 0 aromatic heterocycles. The van der Waals surface area contributed by atoms with E-state index in [1.54, 1.807) is 0 Å². The molecule has 0 fully saturated rings. The zero-order chi connectivity index (χ0) is 19.2. The minimum absolute atomic E-state index is 0.0371. The third kappa shape index (κ3) is 2.61. The highest BCUT2D eigenvalue weighted by Gasteiger charge is 2.30. The topological polar surface area (TPSA) is 0 Å². The van der Waals surface area contributed by atoms with E-state index < -0.39 is 63.2 Å². The molecular weight excluding hydrogens is 368 g/mol. The molecule has 0 amide bonds. The number of benzene rings is 3. The van der Waals surface area contributed by atoms with Gasteiger partial charge in [0.2, 0.25) is 5.82 Å². The lowest BCUT2D eigenvalue weighted by atomic mass is 9.96. The smallest absolute Gasteiger partial charge is 0.200 e. The molecule has 0 bridgehead atoms. The molecule has 26 heavy (non-hydrogen) atoms. The zero-order valence-electron chi connectivity index (χ0n) is 12.5. The van der Waals surface area contributed by atoms with Gasteiger partial charge in [-0.1, -0.05) is 30.3 Å². The van der Waals surface area contributed by atoms with Crippen molar-refractivity contribution in [2.24, 2.45) is 0 Å². The van der Waals surface area contributed by atoms with Crippen molar-refractivity contribution in [2.75, 3.05) is 0 Å². The summed E-state index contributed by atoms with van der Waals surface area (Å²) in [6, 6.07) is 6.61. The maximum Gasteiger partial charge on any atom is 0.200 e. The lowest BCUT2D eigenvalue weighted by Crippen LogP contribution is -2.07. The van der Waals surface area contributed by atoms with Crippen LogP contribution >= 0.6 is 0 Å². The van der Waals surface area contributed by atoms with Crippen molar-refractivity contribution in [2.45, 2.75) is 0 Å². The fraction of sp³-hybridized carbons (Fsp3) is 0. The highest BCUT2D eigenvalue weighted by atomic mass is 19.2. The molecule has 0 saturated carbocycles. The van der Waals surface area contributed by atoms with Crippen molar-refractivity contribution in [1.29, 1.82) is 0 Å². The van der Waals surface area contributed by atoms with Crippen LogP contribution in [0.4, 0.5) is 35.1 Å². The van der Waals surface area contributed by atoms with Gasteiger partial charge in [0.05, 0.1) is 11.1 Å². The van der Waals surface area contributed by atoms with Crippen LogP contribution < -0.4 is 0 Å². The molecule has 0 aliphatic heterocycles. The van der Waals surface area contributed by atoms with Gasteiger partial charge in [0.25, 0.3) is 0 Å². The Morgan fingerprint density at radius 2 is 0.962 bits per heavy atom. The lowest BCUT2D eigenvalue weighted by molar-refractivity contribution is 0.380. The van der Waals surface area contributed by atoms with Gasteiger partial charge < -0.3 is 0 Å². The number of hydrogen-bond donors (Lipinski definition) is 0. The Balaban J connectivity index is 2.41. The van der Waals surface area contributed by atoms with Crippen LogP contribution in [0.2, 0.25) is 0 Å². The molecule has 0 atom stereocenters. The molecule has 0 aliphatic carbocycles. The van der Waals surface area contributed by atoms with Crippen LogP contribution in [-0.2, 0) is 0 Å². The number of rotatable bonds is 2. The number of hydrogen-bond acceptors (Lipinski definition) is 0. The summed E-state index contributed by atoms with van der Waals surface area (Å²) in [7, 11) is 0. The van der Waals surface area contributed by atoms with Gasteiger partial charge in [0.1, 0.15) is 5.82 Å². The van der Waals surface area contributed by atoms with E-state index in [-0.39, 0.29) is 11.6 Å². The van der Waals surface area contributed by atoms with E-state index >= 15 is 0 Å². The SMILES string of the molecule is Fc1cc(-c2c(F)c(F)c(F)c(F)c2F)c(F)c(-c2ccccc2)c1F. The fourth-order valence-corrected chi connectivity index (χ4v) is 2.49. The third-order valence-electron chi connectivity index (χ3n) is 3.70. The van der Waals surface area contributed by atoms with Crippen molar-refractivity contribution in [3.63, 3.8) is 0 Å². The van der Waals surface area contributed by atoms with E-state index in [9.17, 15) is 35.1 Å². The second kappa shape index (κ2) is 6.44. The Kier molecular flexibility index (Phi) is 4.43. The quantitative estimate of drug-likeness (QED) is 0.287. The molecule has 134 valence electrons. The molecule has 0 unspecified atom stereocenters. The van der Waals surface area contributed by atoms with Crippen molar-refractivity contribution in [3.05, 3.63) is 82.9 Å². The second-order valence-corrected chi connectivity index (χ2v) is 5.22. The van der Waals surface area contributed by atoms with Crippen LogP contribution in [0.5, 0.6) is 0 Å². The monoisotopic (exact) mass is 374 g/mol. The van der Waals surface area contributed by atoms with E-state index in [2.05, 4.69) is 0 Å². The number of halogens is 8. The zero-order valence-corrected chi connectivity index (χ0v) is 12.5. The standard InChI is InChI=1S/C18H6F8/c19-9-6-8(11-14(22)16(24)18(26)17(25)15(11)23)12(20)10(13(9)21)7-4-2-1-3-5-7/h1-6H. The first-order chi connectivity index (χ1) is 12.3.